The summed E-state index contributed by atoms with van der Waals surface area (Å²) in [5.74, 6) is 1.62. The highest BCUT2D eigenvalue weighted by Gasteiger charge is 1.99. The van der Waals surface area contributed by atoms with Gasteiger partial charge in [0.05, 0.1) is 7.11 Å². The zero-order valence-electron chi connectivity index (χ0n) is 7.09. The molecule has 0 amide bonds. The van der Waals surface area contributed by atoms with Gasteiger partial charge in [-0.05, 0) is 12.5 Å². The van der Waals surface area contributed by atoms with Crippen LogP contribution in [-0.2, 0) is 6.42 Å². The summed E-state index contributed by atoms with van der Waals surface area (Å²) < 4.78 is 10.2. The third-order valence-electron chi connectivity index (χ3n) is 1.61. The molecule has 0 aromatic carbocycles. The lowest BCUT2D eigenvalue weighted by atomic mass is 10.2. The Morgan fingerprint density at radius 3 is 2.82 bits per heavy atom. The van der Waals surface area contributed by atoms with Gasteiger partial charge in [-0.15, -0.1) is 0 Å². The summed E-state index contributed by atoms with van der Waals surface area (Å²) in [7, 11) is 1.61. The van der Waals surface area contributed by atoms with Gasteiger partial charge in [-0.3, -0.25) is 0 Å². The minimum Gasteiger partial charge on any atom is -0.468 e. The van der Waals surface area contributed by atoms with E-state index < -0.39 is 0 Å². The molecule has 1 heterocycles. The van der Waals surface area contributed by atoms with Gasteiger partial charge >= 0.3 is 0 Å². The quantitative estimate of drug-likeness (QED) is 0.665. The Morgan fingerprint density at radius 1 is 1.45 bits per heavy atom. The Balaban J connectivity index is 2.44. The Bertz CT molecular complexity index is 203. The molecule has 2 heteroatoms. The summed E-state index contributed by atoms with van der Waals surface area (Å²) in [4.78, 5) is 0. The number of hydrogen-bond donors (Lipinski definition) is 0. The molecule has 0 saturated heterocycles. The molecule has 0 bridgehead atoms. The maximum absolute atomic E-state index is 5.31. The lowest BCUT2D eigenvalue weighted by Crippen LogP contribution is -1.80. The Hall–Kier alpha value is -0.920. The van der Waals surface area contributed by atoms with E-state index in [1.165, 1.54) is 12.8 Å². The monoisotopic (exact) mass is 154 g/mol. The first-order chi connectivity index (χ1) is 5.36. The standard InChI is InChI=1S/C9H14O2/c1-3-4-5-8-6-7-9(10-2)11-8/h6-7H,3-5H2,1-2H3. The van der Waals surface area contributed by atoms with E-state index in [-0.39, 0.29) is 0 Å². The van der Waals surface area contributed by atoms with Crippen LogP contribution in [0.25, 0.3) is 0 Å². The van der Waals surface area contributed by atoms with Crippen LogP contribution in [0.2, 0.25) is 0 Å². The summed E-state index contributed by atoms with van der Waals surface area (Å²) in [6, 6.07) is 3.82. The molecule has 1 aromatic rings. The normalized spacial score (nSPS) is 10.0. The number of hydrogen-bond acceptors (Lipinski definition) is 2. The zero-order valence-corrected chi connectivity index (χ0v) is 7.09. The Morgan fingerprint density at radius 2 is 2.27 bits per heavy atom. The van der Waals surface area contributed by atoms with Gasteiger partial charge in [-0.1, -0.05) is 13.3 Å². The average Bonchev–Trinajstić information content (AvgIpc) is 2.48. The highest BCUT2D eigenvalue weighted by atomic mass is 16.6. The van der Waals surface area contributed by atoms with Gasteiger partial charge in [0.15, 0.2) is 0 Å². The van der Waals surface area contributed by atoms with E-state index >= 15 is 0 Å². The van der Waals surface area contributed by atoms with E-state index in [4.69, 9.17) is 9.15 Å². The van der Waals surface area contributed by atoms with E-state index in [9.17, 15) is 0 Å². The molecule has 0 atom stereocenters. The first kappa shape index (κ1) is 8.18. The zero-order chi connectivity index (χ0) is 8.10. The Labute approximate surface area is 67.2 Å². The predicted molar refractivity (Wildman–Crippen MR) is 43.9 cm³/mol. The van der Waals surface area contributed by atoms with E-state index in [1.54, 1.807) is 7.11 Å². The second-order valence-corrected chi connectivity index (χ2v) is 2.53. The molecular formula is C9H14O2. The van der Waals surface area contributed by atoms with Crippen molar-refractivity contribution in [2.24, 2.45) is 0 Å². The molecule has 0 aliphatic carbocycles. The Kier molecular flexibility index (Phi) is 3.02. The smallest absolute Gasteiger partial charge is 0.284 e. The molecule has 0 aliphatic heterocycles. The molecule has 62 valence electrons. The molecule has 0 unspecified atom stereocenters. The maximum atomic E-state index is 5.31. The van der Waals surface area contributed by atoms with E-state index in [0.29, 0.717) is 5.95 Å². The average molecular weight is 154 g/mol. The van der Waals surface area contributed by atoms with Crippen LogP contribution in [0.3, 0.4) is 0 Å². The number of ether oxygens (including phenoxy) is 1. The summed E-state index contributed by atoms with van der Waals surface area (Å²) in [6.45, 7) is 2.17. The summed E-state index contributed by atoms with van der Waals surface area (Å²) in [5.41, 5.74) is 0. The van der Waals surface area contributed by atoms with Gasteiger partial charge < -0.3 is 9.15 Å². The van der Waals surface area contributed by atoms with Crippen LogP contribution in [0.5, 0.6) is 5.95 Å². The summed E-state index contributed by atoms with van der Waals surface area (Å²) in [6.07, 6.45) is 3.39. The van der Waals surface area contributed by atoms with E-state index in [2.05, 4.69) is 6.92 Å². The van der Waals surface area contributed by atoms with Gasteiger partial charge in [0.1, 0.15) is 5.76 Å². The van der Waals surface area contributed by atoms with Crippen molar-refractivity contribution in [2.75, 3.05) is 7.11 Å². The third kappa shape index (κ3) is 2.30. The number of methoxy groups -OCH3 is 1. The summed E-state index contributed by atoms with van der Waals surface area (Å²) in [5, 5.41) is 0. The third-order valence-corrected chi connectivity index (χ3v) is 1.61. The highest BCUT2D eigenvalue weighted by molar-refractivity contribution is 5.11. The minimum atomic E-state index is 0.608. The fourth-order valence-electron chi connectivity index (χ4n) is 0.953. The lowest BCUT2D eigenvalue weighted by molar-refractivity contribution is 0.293. The topological polar surface area (TPSA) is 22.4 Å². The van der Waals surface area contributed by atoms with Crippen molar-refractivity contribution in [3.05, 3.63) is 17.9 Å². The number of aryl methyl sites for hydroxylation is 1. The number of unbranched alkanes of at least 4 members (excludes halogenated alkanes) is 1. The van der Waals surface area contributed by atoms with Crippen LogP contribution in [0.15, 0.2) is 16.5 Å². The molecule has 11 heavy (non-hydrogen) atoms. The second-order valence-electron chi connectivity index (χ2n) is 2.53. The van der Waals surface area contributed by atoms with E-state index in [0.717, 1.165) is 12.2 Å². The molecule has 0 N–H and O–H groups in total. The van der Waals surface area contributed by atoms with Crippen molar-refractivity contribution in [1.82, 2.24) is 0 Å². The molecule has 0 aliphatic rings. The van der Waals surface area contributed by atoms with Crippen molar-refractivity contribution in [2.45, 2.75) is 26.2 Å². The maximum Gasteiger partial charge on any atom is 0.284 e. The van der Waals surface area contributed by atoms with Gasteiger partial charge in [-0.2, -0.15) is 0 Å². The van der Waals surface area contributed by atoms with Crippen molar-refractivity contribution in [3.63, 3.8) is 0 Å². The largest absolute Gasteiger partial charge is 0.468 e. The lowest BCUT2D eigenvalue weighted by Gasteiger charge is -1.93. The van der Waals surface area contributed by atoms with Crippen LogP contribution in [0.4, 0.5) is 0 Å². The molecule has 2 nitrogen and oxygen atoms in total. The summed E-state index contributed by atoms with van der Waals surface area (Å²) >= 11 is 0. The van der Waals surface area contributed by atoms with Gasteiger partial charge in [0.25, 0.3) is 5.95 Å². The molecule has 0 spiro atoms. The molecule has 0 radical (unpaired) electrons. The van der Waals surface area contributed by atoms with Gasteiger partial charge in [0.2, 0.25) is 0 Å². The van der Waals surface area contributed by atoms with Crippen molar-refractivity contribution in [1.29, 1.82) is 0 Å². The fraction of sp³-hybridized carbons (Fsp3) is 0.556. The first-order valence-electron chi connectivity index (χ1n) is 3.99. The molecular weight excluding hydrogens is 140 g/mol. The van der Waals surface area contributed by atoms with Crippen molar-refractivity contribution in [3.8, 4) is 5.95 Å². The first-order valence-corrected chi connectivity index (χ1v) is 3.99. The number of furan rings is 1. The van der Waals surface area contributed by atoms with Crippen LogP contribution in [0, 0.1) is 0 Å². The molecule has 0 fully saturated rings. The fourth-order valence-corrected chi connectivity index (χ4v) is 0.953. The molecule has 1 rings (SSSR count). The van der Waals surface area contributed by atoms with Crippen LogP contribution in [0.1, 0.15) is 25.5 Å². The predicted octanol–water partition coefficient (Wildman–Crippen LogP) is 2.63. The van der Waals surface area contributed by atoms with E-state index in [1.807, 2.05) is 12.1 Å². The van der Waals surface area contributed by atoms with Crippen molar-refractivity contribution >= 4 is 0 Å². The van der Waals surface area contributed by atoms with Gasteiger partial charge in [-0.25, -0.2) is 0 Å². The van der Waals surface area contributed by atoms with Crippen LogP contribution >= 0.6 is 0 Å². The molecule has 0 saturated carbocycles. The SMILES string of the molecule is CCCCc1ccc(OC)o1. The highest BCUT2D eigenvalue weighted by Crippen LogP contribution is 2.16. The second kappa shape index (κ2) is 4.06. The van der Waals surface area contributed by atoms with Crippen molar-refractivity contribution < 1.29 is 9.15 Å². The number of rotatable bonds is 4. The van der Waals surface area contributed by atoms with Crippen LogP contribution in [-0.4, -0.2) is 7.11 Å². The van der Waals surface area contributed by atoms with Crippen LogP contribution < -0.4 is 4.74 Å². The minimum absolute atomic E-state index is 0.608. The van der Waals surface area contributed by atoms with Gasteiger partial charge in [0, 0.05) is 12.5 Å². The molecule has 1 aromatic heterocycles.